The summed E-state index contributed by atoms with van der Waals surface area (Å²) < 4.78 is 0. The summed E-state index contributed by atoms with van der Waals surface area (Å²) in [6.45, 7) is 7.58. The SMILES string of the molecule is CC(C)CNC(=O)C1CCCN(CCC#N)C1. The van der Waals surface area contributed by atoms with E-state index in [-0.39, 0.29) is 11.8 Å². The lowest BCUT2D eigenvalue weighted by atomic mass is 9.97. The molecule has 1 unspecified atom stereocenters. The van der Waals surface area contributed by atoms with Crippen LogP contribution in [0.3, 0.4) is 0 Å². The molecule has 1 saturated heterocycles. The fourth-order valence-corrected chi connectivity index (χ4v) is 2.13. The number of carbonyl (C=O) groups is 1. The van der Waals surface area contributed by atoms with Crippen molar-refractivity contribution in [2.24, 2.45) is 11.8 Å². The Hall–Kier alpha value is -1.08. The molecule has 0 aromatic rings. The summed E-state index contributed by atoms with van der Waals surface area (Å²) in [5.74, 6) is 0.791. The molecule has 96 valence electrons. The van der Waals surface area contributed by atoms with E-state index in [0.29, 0.717) is 12.3 Å². The van der Waals surface area contributed by atoms with Crippen molar-refractivity contribution in [3.63, 3.8) is 0 Å². The van der Waals surface area contributed by atoms with Crippen LogP contribution < -0.4 is 5.32 Å². The molecular weight excluding hydrogens is 214 g/mol. The number of amides is 1. The minimum atomic E-state index is 0.112. The summed E-state index contributed by atoms with van der Waals surface area (Å²) in [4.78, 5) is 14.1. The van der Waals surface area contributed by atoms with Crippen molar-refractivity contribution >= 4 is 5.91 Å². The largest absolute Gasteiger partial charge is 0.356 e. The van der Waals surface area contributed by atoms with Crippen LogP contribution in [0.15, 0.2) is 0 Å². The average molecular weight is 237 g/mol. The molecule has 0 spiro atoms. The molecule has 0 aromatic heterocycles. The third kappa shape index (κ3) is 5.18. The van der Waals surface area contributed by atoms with Crippen molar-refractivity contribution in [3.05, 3.63) is 0 Å². The van der Waals surface area contributed by atoms with Gasteiger partial charge in [0, 0.05) is 26.1 Å². The van der Waals surface area contributed by atoms with Crippen LogP contribution in [0, 0.1) is 23.2 Å². The van der Waals surface area contributed by atoms with Gasteiger partial charge in [0.25, 0.3) is 0 Å². The van der Waals surface area contributed by atoms with E-state index in [1.54, 1.807) is 0 Å². The monoisotopic (exact) mass is 237 g/mol. The number of likely N-dealkylation sites (tertiary alicyclic amines) is 1. The fraction of sp³-hybridized carbons (Fsp3) is 0.846. The number of piperidine rings is 1. The second kappa shape index (κ2) is 7.29. The number of rotatable bonds is 5. The molecule has 1 heterocycles. The Labute approximate surface area is 104 Å². The van der Waals surface area contributed by atoms with Gasteiger partial charge in [0.1, 0.15) is 0 Å². The van der Waals surface area contributed by atoms with E-state index in [2.05, 4.69) is 30.1 Å². The predicted molar refractivity (Wildman–Crippen MR) is 67.2 cm³/mol. The van der Waals surface area contributed by atoms with Gasteiger partial charge in [0.15, 0.2) is 0 Å². The molecule has 4 nitrogen and oxygen atoms in total. The second-order valence-corrected chi connectivity index (χ2v) is 5.19. The van der Waals surface area contributed by atoms with Gasteiger partial charge in [-0.3, -0.25) is 4.79 Å². The molecule has 4 heteroatoms. The van der Waals surface area contributed by atoms with Crippen LogP contribution in [0.1, 0.15) is 33.1 Å². The summed E-state index contributed by atoms with van der Waals surface area (Å²) in [6, 6.07) is 2.16. The minimum Gasteiger partial charge on any atom is -0.356 e. The number of nitrogens with one attached hydrogen (secondary N) is 1. The smallest absolute Gasteiger partial charge is 0.224 e. The molecule has 1 N–H and O–H groups in total. The van der Waals surface area contributed by atoms with Crippen LogP contribution >= 0.6 is 0 Å². The van der Waals surface area contributed by atoms with E-state index in [9.17, 15) is 4.79 Å². The Kier molecular flexibility index (Phi) is 5.99. The van der Waals surface area contributed by atoms with Crippen molar-refractivity contribution in [1.29, 1.82) is 5.26 Å². The first-order valence-electron chi connectivity index (χ1n) is 6.50. The quantitative estimate of drug-likeness (QED) is 0.786. The highest BCUT2D eigenvalue weighted by molar-refractivity contribution is 5.78. The van der Waals surface area contributed by atoms with Crippen LogP contribution in [0.25, 0.3) is 0 Å². The lowest BCUT2D eigenvalue weighted by Crippen LogP contribution is -2.43. The highest BCUT2D eigenvalue weighted by Gasteiger charge is 2.25. The Bertz CT molecular complexity index is 283. The second-order valence-electron chi connectivity index (χ2n) is 5.19. The summed E-state index contributed by atoms with van der Waals surface area (Å²) in [5, 5.41) is 11.6. The standard InChI is InChI=1S/C13H23N3O/c1-11(2)9-15-13(17)12-5-3-7-16(10-12)8-4-6-14/h11-12H,3-5,7-10H2,1-2H3,(H,15,17). The van der Waals surface area contributed by atoms with Crippen LogP contribution in [-0.4, -0.2) is 37.0 Å². The van der Waals surface area contributed by atoms with Gasteiger partial charge < -0.3 is 10.2 Å². The van der Waals surface area contributed by atoms with Crippen LogP contribution in [0.2, 0.25) is 0 Å². The number of carbonyl (C=O) groups excluding carboxylic acids is 1. The molecule has 1 amide bonds. The van der Waals surface area contributed by atoms with Crippen LogP contribution in [0.4, 0.5) is 0 Å². The predicted octanol–water partition coefficient (Wildman–Crippen LogP) is 1.38. The molecule has 0 aromatic carbocycles. The third-order valence-electron chi connectivity index (χ3n) is 3.10. The van der Waals surface area contributed by atoms with Gasteiger partial charge in [-0.15, -0.1) is 0 Å². The van der Waals surface area contributed by atoms with Crippen LogP contribution in [0.5, 0.6) is 0 Å². The molecule has 0 radical (unpaired) electrons. The zero-order valence-electron chi connectivity index (χ0n) is 10.9. The first kappa shape index (κ1) is 14.0. The van der Waals surface area contributed by atoms with Gasteiger partial charge in [-0.05, 0) is 25.3 Å². The van der Waals surface area contributed by atoms with Crippen LogP contribution in [-0.2, 0) is 4.79 Å². The summed E-state index contributed by atoms with van der Waals surface area (Å²) in [5.41, 5.74) is 0. The lowest BCUT2D eigenvalue weighted by Gasteiger charge is -2.31. The summed E-state index contributed by atoms with van der Waals surface area (Å²) in [6.07, 6.45) is 2.60. The van der Waals surface area contributed by atoms with E-state index < -0.39 is 0 Å². The fourth-order valence-electron chi connectivity index (χ4n) is 2.13. The van der Waals surface area contributed by atoms with Gasteiger partial charge in [-0.2, -0.15) is 5.26 Å². The zero-order valence-corrected chi connectivity index (χ0v) is 10.9. The number of hydrogen-bond acceptors (Lipinski definition) is 3. The van der Waals surface area contributed by atoms with Gasteiger partial charge in [-0.1, -0.05) is 13.8 Å². The highest BCUT2D eigenvalue weighted by atomic mass is 16.1. The molecule has 1 atom stereocenters. The van der Waals surface area contributed by atoms with E-state index in [4.69, 9.17) is 5.26 Å². The maximum absolute atomic E-state index is 11.9. The molecule has 0 saturated carbocycles. The topological polar surface area (TPSA) is 56.1 Å². The molecule has 0 bridgehead atoms. The van der Waals surface area contributed by atoms with Crippen molar-refractivity contribution in [2.45, 2.75) is 33.1 Å². The van der Waals surface area contributed by atoms with Gasteiger partial charge in [-0.25, -0.2) is 0 Å². The molecule has 1 aliphatic rings. The molecule has 0 aliphatic carbocycles. The molecule has 1 rings (SSSR count). The number of nitrogens with zero attached hydrogens (tertiary/aromatic N) is 2. The van der Waals surface area contributed by atoms with Gasteiger partial charge >= 0.3 is 0 Å². The van der Waals surface area contributed by atoms with Gasteiger partial charge in [0.05, 0.1) is 12.0 Å². The average Bonchev–Trinajstić information content (AvgIpc) is 2.33. The maximum atomic E-state index is 11.9. The highest BCUT2D eigenvalue weighted by Crippen LogP contribution is 2.16. The van der Waals surface area contributed by atoms with E-state index in [0.717, 1.165) is 39.0 Å². The minimum absolute atomic E-state index is 0.112. The summed E-state index contributed by atoms with van der Waals surface area (Å²) >= 11 is 0. The first-order valence-corrected chi connectivity index (χ1v) is 6.50. The molecule has 1 aliphatic heterocycles. The summed E-state index contributed by atoms with van der Waals surface area (Å²) in [7, 11) is 0. The normalized spacial score (nSPS) is 21.2. The first-order chi connectivity index (χ1) is 8.13. The van der Waals surface area contributed by atoms with Gasteiger partial charge in [0.2, 0.25) is 5.91 Å². The Morgan fingerprint density at radius 1 is 1.59 bits per heavy atom. The lowest BCUT2D eigenvalue weighted by molar-refractivity contribution is -0.126. The molecule has 1 fully saturated rings. The number of hydrogen-bond donors (Lipinski definition) is 1. The third-order valence-corrected chi connectivity index (χ3v) is 3.10. The van der Waals surface area contributed by atoms with E-state index >= 15 is 0 Å². The molecular formula is C13H23N3O. The van der Waals surface area contributed by atoms with Crippen molar-refractivity contribution < 1.29 is 4.79 Å². The number of nitriles is 1. The van der Waals surface area contributed by atoms with E-state index in [1.165, 1.54) is 0 Å². The van der Waals surface area contributed by atoms with Crippen molar-refractivity contribution in [1.82, 2.24) is 10.2 Å². The van der Waals surface area contributed by atoms with Crippen molar-refractivity contribution in [3.8, 4) is 6.07 Å². The zero-order chi connectivity index (χ0) is 12.7. The Morgan fingerprint density at radius 3 is 3.00 bits per heavy atom. The maximum Gasteiger partial charge on any atom is 0.224 e. The van der Waals surface area contributed by atoms with E-state index in [1.807, 2.05) is 0 Å². The van der Waals surface area contributed by atoms with Crippen molar-refractivity contribution in [2.75, 3.05) is 26.2 Å². The molecule has 17 heavy (non-hydrogen) atoms. The Balaban J connectivity index is 2.33. The Morgan fingerprint density at radius 2 is 2.35 bits per heavy atom.